The third-order valence-electron chi connectivity index (χ3n) is 4.34. The first-order chi connectivity index (χ1) is 10.1. The molecule has 21 heavy (non-hydrogen) atoms. The van der Waals surface area contributed by atoms with Gasteiger partial charge >= 0.3 is 0 Å². The van der Waals surface area contributed by atoms with Crippen molar-refractivity contribution in [1.82, 2.24) is 5.32 Å². The lowest BCUT2D eigenvalue weighted by Gasteiger charge is -2.38. The number of nitrogens with one attached hydrogen (secondary N) is 1. The Morgan fingerprint density at radius 2 is 1.67 bits per heavy atom. The molecule has 1 nitrogen and oxygen atoms in total. The van der Waals surface area contributed by atoms with Crippen molar-refractivity contribution in [3.8, 4) is 0 Å². The van der Waals surface area contributed by atoms with Crippen molar-refractivity contribution in [2.75, 3.05) is 0 Å². The van der Waals surface area contributed by atoms with E-state index in [2.05, 4.69) is 52.4 Å². The van der Waals surface area contributed by atoms with Gasteiger partial charge in [-0.2, -0.15) is 0 Å². The third-order valence-corrected chi connectivity index (χ3v) is 4.86. The maximum absolute atomic E-state index is 12.9. The average molecular weight is 348 g/mol. The molecule has 1 saturated carbocycles. The van der Waals surface area contributed by atoms with E-state index in [1.54, 1.807) is 12.1 Å². The van der Waals surface area contributed by atoms with Gasteiger partial charge in [-0.3, -0.25) is 0 Å². The van der Waals surface area contributed by atoms with Crippen LogP contribution in [-0.4, -0.2) is 6.04 Å². The number of hydrogen-bond acceptors (Lipinski definition) is 1. The fraction of sp³-hybridized carbons (Fsp3) is 0.333. The van der Waals surface area contributed by atoms with Crippen LogP contribution in [0.1, 0.15) is 42.9 Å². The van der Waals surface area contributed by atoms with Crippen LogP contribution in [0.4, 0.5) is 4.39 Å². The molecule has 0 heterocycles. The highest BCUT2D eigenvalue weighted by molar-refractivity contribution is 9.10. The van der Waals surface area contributed by atoms with Crippen molar-refractivity contribution in [2.24, 2.45) is 0 Å². The quantitative estimate of drug-likeness (QED) is 0.802. The zero-order valence-electron chi connectivity index (χ0n) is 12.0. The molecule has 1 aliphatic rings. The largest absolute Gasteiger partial charge is 0.307 e. The number of halogens is 2. The molecule has 0 spiro atoms. The molecule has 1 aliphatic carbocycles. The van der Waals surface area contributed by atoms with Gasteiger partial charge in [0.05, 0.1) is 0 Å². The molecule has 1 N–H and O–H groups in total. The summed E-state index contributed by atoms with van der Waals surface area (Å²) in [5, 5.41) is 3.67. The van der Waals surface area contributed by atoms with Crippen LogP contribution < -0.4 is 5.32 Å². The molecule has 3 rings (SSSR count). The summed E-state index contributed by atoms with van der Waals surface area (Å²) in [6.45, 7) is 2.20. The lowest BCUT2D eigenvalue weighted by Crippen LogP contribution is -2.41. The molecular weight excluding hydrogens is 329 g/mol. The minimum Gasteiger partial charge on any atom is -0.307 e. The zero-order chi connectivity index (χ0) is 14.8. The van der Waals surface area contributed by atoms with Gasteiger partial charge < -0.3 is 5.32 Å². The molecule has 1 unspecified atom stereocenters. The van der Waals surface area contributed by atoms with E-state index in [0.29, 0.717) is 18.0 Å². The molecule has 2 aromatic carbocycles. The van der Waals surface area contributed by atoms with Crippen LogP contribution in [0.15, 0.2) is 53.0 Å². The first-order valence-corrected chi connectivity index (χ1v) is 8.18. The molecule has 2 aromatic rings. The summed E-state index contributed by atoms with van der Waals surface area (Å²) >= 11 is 3.46. The maximum Gasteiger partial charge on any atom is 0.123 e. The van der Waals surface area contributed by atoms with Crippen molar-refractivity contribution < 1.29 is 4.39 Å². The van der Waals surface area contributed by atoms with Crippen molar-refractivity contribution >= 4 is 15.9 Å². The van der Waals surface area contributed by atoms with Gasteiger partial charge in [0.15, 0.2) is 0 Å². The second-order valence-corrected chi connectivity index (χ2v) is 6.77. The number of hydrogen-bond donors (Lipinski definition) is 1. The van der Waals surface area contributed by atoms with E-state index in [1.807, 2.05) is 12.1 Å². The molecular formula is C18H19BrFN. The Hall–Kier alpha value is -1.19. The molecule has 0 saturated heterocycles. The summed E-state index contributed by atoms with van der Waals surface area (Å²) in [5.74, 6) is 0.414. The molecule has 0 aliphatic heterocycles. The van der Waals surface area contributed by atoms with Gasteiger partial charge in [0.1, 0.15) is 5.82 Å². The fourth-order valence-corrected chi connectivity index (χ4v) is 3.23. The van der Waals surface area contributed by atoms with Crippen molar-refractivity contribution in [2.45, 2.75) is 37.8 Å². The van der Waals surface area contributed by atoms with Crippen molar-refractivity contribution in [1.29, 1.82) is 0 Å². The van der Waals surface area contributed by atoms with Gasteiger partial charge in [0, 0.05) is 16.6 Å². The van der Waals surface area contributed by atoms with Gasteiger partial charge in [0.2, 0.25) is 0 Å². The molecule has 3 heteroatoms. The maximum atomic E-state index is 12.9. The number of benzene rings is 2. The molecule has 1 atom stereocenters. The normalized spacial score (nSPS) is 22.6. The Morgan fingerprint density at radius 1 is 1.05 bits per heavy atom. The van der Waals surface area contributed by atoms with Gasteiger partial charge in [-0.1, -0.05) is 40.2 Å². The van der Waals surface area contributed by atoms with Gasteiger partial charge in [-0.15, -0.1) is 0 Å². The summed E-state index contributed by atoms with van der Waals surface area (Å²) in [4.78, 5) is 0. The lowest BCUT2D eigenvalue weighted by molar-refractivity contribution is 0.271. The van der Waals surface area contributed by atoms with Gasteiger partial charge in [0.25, 0.3) is 0 Å². The Labute approximate surface area is 133 Å². The average Bonchev–Trinajstić information content (AvgIpc) is 2.44. The summed E-state index contributed by atoms with van der Waals surface area (Å²) in [6.07, 6.45) is 2.26. The van der Waals surface area contributed by atoms with E-state index in [9.17, 15) is 4.39 Å². The lowest BCUT2D eigenvalue weighted by atomic mass is 9.75. The minimum absolute atomic E-state index is 0.156. The van der Waals surface area contributed by atoms with Crippen LogP contribution in [0.2, 0.25) is 0 Å². The van der Waals surface area contributed by atoms with Gasteiger partial charge in [-0.05, 0) is 61.1 Å². The van der Waals surface area contributed by atoms with Crippen LogP contribution in [0.25, 0.3) is 0 Å². The van der Waals surface area contributed by atoms with E-state index < -0.39 is 0 Å². The highest BCUT2D eigenvalue weighted by Crippen LogP contribution is 2.37. The van der Waals surface area contributed by atoms with Crippen LogP contribution >= 0.6 is 15.9 Å². The fourth-order valence-electron chi connectivity index (χ4n) is 2.96. The monoisotopic (exact) mass is 347 g/mol. The second kappa shape index (κ2) is 6.29. The van der Waals surface area contributed by atoms with E-state index in [4.69, 9.17) is 0 Å². The summed E-state index contributed by atoms with van der Waals surface area (Å²) in [5.41, 5.74) is 2.56. The predicted octanol–water partition coefficient (Wildman–Crippen LogP) is 5.19. The molecule has 0 aromatic heterocycles. The van der Waals surface area contributed by atoms with Crippen LogP contribution in [0.3, 0.4) is 0 Å². The van der Waals surface area contributed by atoms with Crippen LogP contribution in [0.5, 0.6) is 0 Å². The second-order valence-electron chi connectivity index (χ2n) is 5.86. The van der Waals surface area contributed by atoms with Crippen LogP contribution in [0, 0.1) is 5.82 Å². The topological polar surface area (TPSA) is 12.0 Å². The van der Waals surface area contributed by atoms with E-state index >= 15 is 0 Å². The van der Waals surface area contributed by atoms with E-state index in [1.165, 1.54) is 11.1 Å². The molecule has 110 valence electrons. The predicted molar refractivity (Wildman–Crippen MR) is 87.9 cm³/mol. The Bertz CT molecular complexity index is 588. The summed E-state index contributed by atoms with van der Waals surface area (Å²) < 4.78 is 14.0. The SMILES string of the molecule is CC(NC1CC(c2ccc(F)cc2)C1)c1ccc(Br)cc1. The molecule has 0 amide bonds. The first-order valence-electron chi connectivity index (χ1n) is 7.39. The van der Waals surface area contributed by atoms with E-state index in [-0.39, 0.29) is 5.82 Å². The standard InChI is InChI=1S/C18H19BrFN/c1-12(13-2-6-16(19)7-3-13)21-18-10-15(11-18)14-4-8-17(20)9-5-14/h2-9,12,15,18,21H,10-11H2,1H3. The smallest absolute Gasteiger partial charge is 0.123 e. The molecule has 1 fully saturated rings. The first kappa shape index (κ1) is 14.7. The number of rotatable bonds is 4. The summed E-state index contributed by atoms with van der Waals surface area (Å²) in [7, 11) is 0. The Kier molecular flexibility index (Phi) is 4.41. The van der Waals surface area contributed by atoms with Crippen molar-refractivity contribution in [3.63, 3.8) is 0 Å². The zero-order valence-corrected chi connectivity index (χ0v) is 13.6. The minimum atomic E-state index is -0.156. The highest BCUT2D eigenvalue weighted by atomic mass is 79.9. The highest BCUT2D eigenvalue weighted by Gasteiger charge is 2.31. The molecule has 0 bridgehead atoms. The Morgan fingerprint density at radius 3 is 2.29 bits per heavy atom. The van der Waals surface area contributed by atoms with Gasteiger partial charge in [-0.25, -0.2) is 4.39 Å². The molecule has 0 radical (unpaired) electrons. The van der Waals surface area contributed by atoms with E-state index in [0.717, 1.165) is 17.3 Å². The van der Waals surface area contributed by atoms with Crippen LogP contribution in [-0.2, 0) is 0 Å². The van der Waals surface area contributed by atoms with Crippen molar-refractivity contribution in [3.05, 3.63) is 69.9 Å². The summed E-state index contributed by atoms with van der Waals surface area (Å²) in [6, 6.07) is 16.3. The third kappa shape index (κ3) is 3.53. The Balaban J connectivity index is 1.52.